The van der Waals surface area contributed by atoms with Crippen LogP contribution in [0.1, 0.15) is 11.5 Å². The number of hydrogen-bond acceptors (Lipinski definition) is 7. The van der Waals surface area contributed by atoms with E-state index in [9.17, 15) is 16.8 Å². The number of nitrogens with zero attached hydrogens (tertiary/aromatic N) is 2. The van der Waals surface area contributed by atoms with Gasteiger partial charge in [-0.25, -0.2) is 21.6 Å². The van der Waals surface area contributed by atoms with Gasteiger partial charge in [-0.05, 0) is 17.7 Å². The Bertz CT molecular complexity index is 859. The van der Waals surface area contributed by atoms with Crippen LogP contribution in [0, 0.1) is 0 Å². The average Bonchev–Trinajstić information content (AvgIpc) is 2.88. The zero-order chi connectivity index (χ0) is 16.4. The molecule has 0 unspecified atom stereocenters. The normalized spacial score (nSPS) is 12.5. The highest BCUT2D eigenvalue weighted by molar-refractivity contribution is 7.90. The molecule has 1 aromatic heterocycles. The molecule has 0 saturated heterocycles. The zero-order valence-corrected chi connectivity index (χ0v) is 13.7. The molecule has 0 amide bonds. The van der Waals surface area contributed by atoms with Gasteiger partial charge in [-0.2, -0.15) is 0 Å². The molecule has 0 radical (unpaired) electrons. The number of aromatic nitrogens is 2. The second kappa shape index (κ2) is 6.32. The molecule has 0 aliphatic carbocycles. The van der Waals surface area contributed by atoms with Crippen LogP contribution in [0.2, 0.25) is 5.02 Å². The highest BCUT2D eigenvalue weighted by Gasteiger charge is 2.23. The van der Waals surface area contributed by atoms with Crippen LogP contribution in [0.3, 0.4) is 0 Å². The van der Waals surface area contributed by atoms with Crippen LogP contribution in [0.4, 0.5) is 0 Å². The summed E-state index contributed by atoms with van der Waals surface area (Å²) in [5, 5.41) is 6.87. The van der Waals surface area contributed by atoms with Crippen molar-refractivity contribution < 1.29 is 21.3 Å². The number of hydrogen-bond donors (Lipinski definition) is 1. The molecular weight excluding hydrogens is 354 g/mol. The molecule has 0 saturated carbocycles. The maximum Gasteiger partial charge on any atom is 0.335 e. The van der Waals surface area contributed by atoms with E-state index in [-0.39, 0.29) is 18.2 Å². The fourth-order valence-corrected chi connectivity index (χ4v) is 3.14. The molecule has 1 aromatic carbocycles. The third kappa shape index (κ3) is 4.77. The predicted octanol–water partition coefficient (Wildman–Crippen LogP) is 0.746. The van der Waals surface area contributed by atoms with Gasteiger partial charge in [0, 0.05) is 5.02 Å². The smallest absolute Gasteiger partial charge is 0.335 e. The van der Waals surface area contributed by atoms with Gasteiger partial charge >= 0.3 is 5.22 Å². The number of nitrogens with one attached hydrogen (secondary N) is 1. The van der Waals surface area contributed by atoms with Crippen molar-refractivity contribution in [2.24, 2.45) is 0 Å². The van der Waals surface area contributed by atoms with Gasteiger partial charge in [-0.15, -0.1) is 5.10 Å². The van der Waals surface area contributed by atoms with Gasteiger partial charge in [0.15, 0.2) is 0 Å². The molecule has 120 valence electrons. The quantitative estimate of drug-likeness (QED) is 0.801. The lowest BCUT2D eigenvalue weighted by Crippen LogP contribution is -2.21. The van der Waals surface area contributed by atoms with Crippen LogP contribution in [-0.4, -0.2) is 33.3 Å². The first kappa shape index (κ1) is 16.9. The molecule has 0 spiro atoms. The lowest BCUT2D eigenvalue weighted by Gasteiger charge is -2.00. The molecule has 0 fully saturated rings. The van der Waals surface area contributed by atoms with Gasteiger partial charge in [0.1, 0.15) is 0 Å². The Hall–Kier alpha value is -1.49. The summed E-state index contributed by atoms with van der Waals surface area (Å²) in [4.78, 5) is 0. The van der Waals surface area contributed by atoms with Gasteiger partial charge in [-0.1, -0.05) is 28.8 Å². The van der Waals surface area contributed by atoms with Crippen LogP contribution >= 0.6 is 11.6 Å². The summed E-state index contributed by atoms with van der Waals surface area (Å²) in [5.41, 5.74) is 0.512. The van der Waals surface area contributed by atoms with E-state index in [1.165, 1.54) is 0 Å². The van der Waals surface area contributed by atoms with Crippen molar-refractivity contribution in [3.8, 4) is 0 Å². The van der Waals surface area contributed by atoms with E-state index < -0.39 is 25.1 Å². The standard InChI is InChI=1S/C11H12ClN3O5S2/c1-21(16,17)13-6-10-14-15-11(20-10)22(18,19)7-8-2-4-9(12)5-3-8/h2-5,13H,6-7H2,1H3. The minimum Gasteiger partial charge on any atom is -0.411 e. The van der Waals surface area contributed by atoms with Crippen molar-refractivity contribution in [3.05, 3.63) is 40.7 Å². The van der Waals surface area contributed by atoms with Crippen molar-refractivity contribution >= 4 is 31.5 Å². The Morgan fingerprint density at radius 2 is 1.77 bits per heavy atom. The van der Waals surface area contributed by atoms with E-state index in [1.807, 2.05) is 0 Å². The van der Waals surface area contributed by atoms with E-state index in [0.717, 1.165) is 6.26 Å². The first-order chi connectivity index (χ1) is 10.2. The molecule has 0 bridgehead atoms. The minimum atomic E-state index is -3.82. The number of halogens is 1. The maximum absolute atomic E-state index is 12.1. The van der Waals surface area contributed by atoms with Crippen LogP contribution < -0.4 is 4.72 Å². The summed E-state index contributed by atoms with van der Waals surface area (Å²) in [7, 11) is -7.26. The van der Waals surface area contributed by atoms with Gasteiger partial charge < -0.3 is 4.42 Å². The first-order valence-electron chi connectivity index (χ1n) is 5.90. The molecule has 1 heterocycles. The van der Waals surface area contributed by atoms with Crippen molar-refractivity contribution in [2.45, 2.75) is 17.5 Å². The molecule has 22 heavy (non-hydrogen) atoms. The Morgan fingerprint density at radius 1 is 1.14 bits per heavy atom. The van der Waals surface area contributed by atoms with E-state index in [1.54, 1.807) is 24.3 Å². The SMILES string of the molecule is CS(=O)(=O)NCc1nnc(S(=O)(=O)Cc2ccc(Cl)cc2)o1. The van der Waals surface area contributed by atoms with Gasteiger partial charge in [-0.3, -0.25) is 0 Å². The maximum atomic E-state index is 12.1. The second-order valence-electron chi connectivity index (χ2n) is 4.44. The molecule has 0 aliphatic rings. The monoisotopic (exact) mass is 365 g/mol. The lowest BCUT2D eigenvalue weighted by atomic mass is 10.2. The Balaban J connectivity index is 2.13. The van der Waals surface area contributed by atoms with Crippen LogP contribution in [-0.2, 0) is 32.2 Å². The largest absolute Gasteiger partial charge is 0.411 e. The molecule has 2 aromatic rings. The third-order valence-electron chi connectivity index (χ3n) is 2.47. The number of benzene rings is 1. The Labute approximate surface area is 132 Å². The summed E-state index contributed by atoms with van der Waals surface area (Å²) in [5.74, 6) is -0.467. The van der Waals surface area contributed by atoms with Crippen molar-refractivity contribution in [3.63, 3.8) is 0 Å². The summed E-state index contributed by atoms with van der Waals surface area (Å²) in [6, 6.07) is 6.29. The van der Waals surface area contributed by atoms with E-state index in [0.29, 0.717) is 10.6 Å². The number of rotatable bonds is 6. The van der Waals surface area contributed by atoms with Crippen LogP contribution in [0.5, 0.6) is 0 Å². The summed E-state index contributed by atoms with van der Waals surface area (Å²) in [6.07, 6.45) is 0.960. The topological polar surface area (TPSA) is 119 Å². The van der Waals surface area contributed by atoms with Crippen LogP contribution in [0.25, 0.3) is 0 Å². The van der Waals surface area contributed by atoms with Crippen molar-refractivity contribution in [2.75, 3.05) is 6.26 Å². The second-order valence-corrected chi connectivity index (χ2v) is 8.58. The first-order valence-corrected chi connectivity index (χ1v) is 9.82. The molecule has 0 aliphatic heterocycles. The van der Waals surface area contributed by atoms with Gasteiger partial charge in [0.05, 0.1) is 18.6 Å². The summed E-state index contributed by atoms with van der Waals surface area (Å²) >= 11 is 5.73. The third-order valence-corrected chi connectivity index (χ3v) is 4.80. The number of sulfonamides is 1. The lowest BCUT2D eigenvalue weighted by molar-refractivity contribution is 0.393. The van der Waals surface area contributed by atoms with Gasteiger partial charge in [0.2, 0.25) is 25.8 Å². The molecule has 2 rings (SSSR count). The fraction of sp³-hybridized carbons (Fsp3) is 0.273. The molecule has 0 atom stereocenters. The van der Waals surface area contributed by atoms with Crippen molar-refractivity contribution in [1.29, 1.82) is 0 Å². The fourth-order valence-electron chi connectivity index (χ4n) is 1.49. The Morgan fingerprint density at radius 3 is 2.36 bits per heavy atom. The minimum absolute atomic E-state index is 0.139. The average molecular weight is 366 g/mol. The van der Waals surface area contributed by atoms with Gasteiger partial charge in [0.25, 0.3) is 0 Å². The summed E-state index contributed by atoms with van der Waals surface area (Å²) < 4.78 is 53.3. The van der Waals surface area contributed by atoms with Crippen molar-refractivity contribution in [1.82, 2.24) is 14.9 Å². The van der Waals surface area contributed by atoms with E-state index in [4.69, 9.17) is 16.0 Å². The van der Waals surface area contributed by atoms with E-state index in [2.05, 4.69) is 14.9 Å². The Kier molecular flexibility index (Phi) is 4.85. The highest BCUT2D eigenvalue weighted by atomic mass is 35.5. The molecular formula is C11H12ClN3O5S2. The molecule has 1 N–H and O–H groups in total. The summed E-state index contributed by atoms with van der Waals surface area (Å²) in [6.45, 7) is -0.275. The van der Waals surface area contributed by atoms with Crippen LogP contribution in [0.15, 0.2) is 33.9 Å². The number of sulfone groups is 1. The highest BCUT2D eigenvalue weighted by Crippen LogP contribution is 2.17. The predicted molar refractivity (Wildman–Crippen MR) is 78.3 cm³/mol. The zero-order valence-electron chi connectivity index (χ0n) is 11.4. The molecule has 11 heteroatoms. The van der Waals surface area contributed by atoms with E-state index >= 15 is 0 Å². The molecule has 8 nitrogen and oxygen atoms in total.